The van der Waals surface area contributed by atoms with Gasteiger partial charge in [-0.3, -0.25) is 0 Å². The van der Waals surface area contributed by atoms with Gasteiger partial charge in [-0.1, -0.05) is 78.3 Å². The van der Waals surface area contributed by atoms with Crippen LogP contribution in [-0.2, 0) is 0 Å². The number of hydrogen-bond donors (Lipinski definition) is 0. The summed E-state index contributed by atoms with van der Waals surface area (Å²) in [7, 11) is 0. The molecule has 0 atom stereocenters. The van der Waals surface area contributed by atoms with E-state index in [4.69, 9.17) is 16.6 Å². The van der Waals surface area contributed by atoms with Crippen LogP contribution >= 0.6 is 22.9 Å². The van der Waals surface area contributed by atoms with Crippen LogP contribution in [-0.4, -0.2) is 4.98 Å². The second-order valence-corrected chi connectivity index (χ2v) is 7.17. The van der Waals surface area contributed by atoms with Gasteiger partial charge in [-0.25, -0.2) is 4.98 Å². The van der Waals surface area contributed by atoms with Crippen molar-refractivity contribution >= 4 is 54.7 Å². The largest absolute Gasteiger partial charge is 0.235 e. The van der Waals surface area contributed by atoms with Crippen LogP contribution in [0.3, 0.4) is 0 Å². The van der Waals surface area contributed by atoms with E-state index in [1.165, 1.54) is 26.2 Å². The van der Waals surface area contributed by atoms with Gasteiger partial charge in [-0.15, -0.1) is 11.3 Å². The fourth-order valence-electron chi connectivity index (χ4n) is 3.28. The van der Waals surface area contributed by atoms with E-state index in [2.05, 4.69) is 48.5 Å². The van der Waals surface area contributed by atoms with Gasteiger partial charge in [0.1, 0.15) is 5.01 Å². The SMILES string of the molecule is Clc1ccccc1-c1nc2c3ccccc3c3ccccc3c2s1. The first-order valence-electron chi connectivity index (χ1n) is 7.78. The first-order chi connectivity index (χ1) is 11.8. The van der Waals surface area contributed by atoms with E-state index in [1.54, 1.807) is 11.3 Å². The lowest BCUT2D eigenvalue weighted by Gasteiger charge is -2.05. The minimum Gasteiger partial charge on any atom is -0.235 e. The third kappa shape index (κ3) is 1.97. The van der Waals surface area contributed by atoms with E-state index in [0.29, 0.717) is 0 Å². The van der Waals surface area contributed by atoms with Gasteiger partial charge in [0, 0.05) is 16.3 Å². The topological polar surface area (TPSA) is 12.9 Å². The maximum Gasteiger partial charge on any atom is 0.126 e. The molecule has 0 aliphatic carbocycles. The standard InChI is InChI=1S/C21H12ClNS/c22-18-12-6-5-11-17(18)21-23-19-15-9-3-1-7-13(15)14-8-2-4-10-16(14)20(19)24-21/h1-12H. The molecule has 0 radical (unpaired) electrons. The minimum atomic E-state index is 0.741. The van der Waals surface area contributed by atoms with Crippen molar-refractivity contribution in [3.8, 4) is 10.6 Å². The summed E-state index contributed by atoms with van der Waals surface area (Å²) in [5.74, 6) is 0. The summed E-state index contributed by atoms with van der Waals surface area (Å²) >= 11 is 8.10. The van der Waals surface area contributed by atoms with Crippen LogP contribution in [0.15, 0.2) is 72.8 Å². The van der Waals surface area contributed by atoms with E-state index in [9.17, 15) is 0 Å². The average molecular weight is 346 g/mol. The molecular formula is C21H12ClNS. The molecule has 114 valence electrons. The third-order valence-corrected chi connectivity index (χ3v) is 5.83. The molecule has 1 heterocycles. The Hall–Kier alpha value is -2.42. The summed E-state index contributed by atoms with van der Waals surface area (Å²) in [6, 6.07) is 24.9. The molecule has 24 heavy (non-hydrogen) atoms. The fourth-order valence-corrected chi connectivity index (χ4v) is 4.72. The maximum atomic E-state index is 6.39. The Labute approximate surface area is 148 Å². The highest BCUT2D eigenvalue weighted by Crippen LogP contribution is 2.41. The van der Waals surface area contributed by atoms with Crippen LogP contribution in [0.5, 0.6) is 0 Å². The Kier molecular flexibility index (Phi) is 3.09. The van der Waals surface area contributed by atoms with Gasteiger partial charge in [-0.2, -0.15) is 0 Å². The zero-order chi connectivity index (χ0) is 16.1. The molecule has 0 unspecified atom stereocenters. The van der Waals surface area contributed by atoms with Crippen LogP contribution < -0.4 is 0 Å². The summed E-state index contributed by atoms with van der Waals surface area (Å²) in [4.78, 5) is 4.96. The average Bonchev–Trinajstić information content (AvgIpc) is 3.08. The zero-order valence-corrected chi connectivity index (χ0v) is 14.2. The Morgan fingerprint density at radius 3 is 2.00 bits per heavy atom. The number of hydrogen-bond acceptors (Lipinski definition) is 2. The van der Waals surface area contributed by atoms with Crippen molar-refractivity contribution in [2.24, 2.45) is 0 Å². The van der Waals surface area contributed by atoms with Gasteiger partial charge in [0.25, 0.3) is 0 Å². The lowest BCUT2D eigenvalue weighted by atomic mass is 10.0. The Balaban J connectivity index is 1.98. The Bertz CT molecular complexity index is 1150. The quantitative estimate of drug-likeness (QED) is 0.300. The predicted octanol–water partition coefficient (Wildman–Crippen LogP) is 6.92. The monoisotopic (exact) mass is 345 g/mol. The molecular weight excluding hydrogens is 334 g/mol. The van der Waals surface area contributed by atoms with Crippen molar-refractivity contribution < 1.29 is 0 Å². The molecule has 0 saturated heterocycles. The van der Waals surface area contributed by atoms with Crippen molar-refractivity contribution in [1.82, 2.24) is 4.98 Å². The number of benzene rings is 4. The van der Waals surface area contributed by atoms with E-state index in [0.717, 1.165) is 21.1 Å². The smallest absolute Gasteiger partial charge is 0.126 e. The first kappa shape index (κ1) is 14.0. The van der Waals surface area contributed by atoms with Crippen LogP contribution in [0.25, 0.3) is 42.3 Å². The van der Waals surface area contributed by atoms with Gasteiger partial charge in [0.2, 0.25) is 0 Å². The van der Waals surface area contributed by atoms with Gasteiger partial charge < -0.3 is 0 Å². The van der Waals surface area contributed by atoms with Crippen LogP contribution in [0, 0.1) is 0 Å². The van der Waals surface area contributed by atoms with E-state index in [1.807, 2.05) is 24.3 Å². The number of halogens is 1. The maximum absolute atomic E-state index is 6.39. The van der Waals surface area contributed by atoms with E-state index in [-0.39, 0.29) is 0 Å². The van der Waals surface area contributed by atoms with Gasteiger partial charge >= 0.3 is 0 Å². The molecule has 0 saturated carbocycles. The van der Waals surface area contributed by atoms with E-state index < -0.39 is 0 Å². The zero-order valence-electron chi connectivity index (χ0n) is 12.7. The molecule has 0 fully saturated rings. The normalized spacial score (nSPS) is 11.5. The van der Waals surface area contributed by atoms with Gasteiger partial charge in [0.15, 0.2) is 0 Å². The Morgan fingerprint density at radius 2 is 1.25 bits per heavy atom. The lowest BCUT2D eigenvalue weighted by Crippen LogP contribution is -1.81. The van der Waals surface area contributed by atoms with Crippen LogP contribution in [0.4, 0.5) is 0 Å². The van der Waals surface area contributed by atoms with Gasteiger partial charge in [0.05, 0.1) is 15.2 Å². The molecule has 3 heteroatoms. The number of nitrogens with zero attached hydrogens (tertiary/aromatic N) is 1. The Morgan fingerprint density at radius 1 is 0.667 bits per heavy atom. The molecule has 0 amide bonds. The fraction of sp³-hybridized carbons (Fsp3) is 0. The van der Waals surface area contributed by atoms with Crippen molar-refractivity contribution in [2.75, 3.05) is 0 Å². The van der Waals surface area contributed by atoms with Crippen molar-refractivity contribution in [1.29, 1.82) is 0 Å². The minimum absolute atomic E-state index is 0.741. The summed E-state index contributed by atoms with van der Waals surface area (Å²) < 4.78 is 1.22. The van der Waals surface area contributed by atoms with Crippen LogP contribution in [0.2, 0.25) is 5.02 Å². The molecule has 5 rings (SSSR count). The summed E-state index contributed by atoms with van der Waals surface area (Å²) in [5.41, 5.74) is 2.05. The number of fused-ring (bicyclic) bond motifs is 6. The van der Waals surface area contributed by atoms with E-state index >= 15 is 0 Å². The molecule has 1 aromatic heterocycles. The number of thiazole rings is 1. The summed E-state index contributed by atoms with van der Waals surface area (Å²) in [5, 5.41) is 6.68. The highest BCUT2D eigenvalue weighted by atomic mass is 35.5. The third-order valence-electron chi connectivity index (χ3n) is 4.38. The van der Waals surface area contributed by atoms with Crippen LogP contribution in [0.1, 0.15) is 0 Å². The molecule has 0 N–H and O–H groups in total. The molecule has 1 nitrogen and oxygen atoms in total. The number of rotatable bonds is 1. The molecule has 0 bridgehead atoms. The second-order valence-electron chi connectivity index (χ2n) is 5.77. The first-order valence-corrected chi connectivity index (χ1v) is 8.97. The molecule has 0 aliphatic rings. The molecule has 0 spiro atoms. The predicted molar refractivity (Wildman–Crippen MR) is 105 cm³/mol. The van der Waals surface area contributed by atoms with Crippen molar-refractivity contribution in [3.63, 3.8) is 0 Å². The highest BCUT2D eigenvalue weighted by molar-refractivity contribution is 7.22. The molecule has 0 aliphatic heterocycles. The molecule has 4 aromatic carbocycles. The lowest BCUT2D eigenvalue weighted by molar-refractivity contribution is 1.49. The highest BCUT2D eigenvalue weighted by Gasteiger charge is 2.15. The summed E-state index contributed by atoms with van der Waals surface area (Å²) in [6.45, 7) is 0. The second kappa shape index (κ2) is 5.30. The van der Waals surface area contributed by atoms with Gasteiger partial charge in [-0.05, 0) is 16.8 Å². The molecule has 5 aromatic rings. The number of aromatic nitrogens is 1. The van der Waals surface area contributed by atoms with Crippen molar-refractivity contribution in [3.05, 3.63) is 77.8 Å². The summed E-state index contributed by atoms with van der Waals surface area (Å²) in [6.07, 6.45) is 0. The van der Waals surface area contributed by atoms with Crippen molar-refractivity contribution in [2.45, 2.75) is 0 Å².